The zero-order chi connectivity index (χ0) is 27.1. The quantitative estimate of drug-likeness (QED) is 0.271. The summed E-state index contributed by atoms with van der Waals surface area (Å²) in [6, 6.07) is 10.9. The van der Waals surface area contributed by atoms with E-state index in [2.05, 4.69) is 75.9 Å². The van der Waals surface area contributed by atoms with Gasteiger partial charge in [0.25, 0.3) is 0 Å². The fourth-order valence-electron chi connectivity index (χ4n) is 5.07. The van der Waals surface area contributed by atoms with Crippen molar-refractivity contribution < 1.29 is 4.79 Å². The molecule has 38 heavy (non-hydrogen) atoms. The van der Waals surface area contributed by atoms with E-state index >= 15 is 0 Å². The monoisotopic (exact) mass is 529 g/mol. The molecule has 0 N–H and O–H groups in total. The number of amides is 1. The van der Waals surface area contributed by atoms with E-state index in [0.717, 1.165) is 42.9 Å². The van der Waals surface area contributed by atoms with E-state index in [0.29, 0.717) is 18.1 Å². The zero-order valence-electron chi connectivity index (χ0n) is 23.5. The van der Waals surface area contributed by atoms with E-state index in [1.807, 2.05) is 32.9 Å². The lowest BCUT2D eigenvalue weighted by atomic mass is 9.77. The minimum atomic E-state index is 0.0769. The summed E-state index contributed by atoms with van der Waals surface area (Å²) in [5, 5.41) is 1.10. The molecular formula is C31H39N5OS. The van der Waals surface area contributed by atoms with Crippen LogP contribution in [0.2, 0.25) is 0 Å². The molecule has 7 heteroatoms. The molecule has 1 aliphatic heterocycles. The maximum Gasteiger partial charge on any atom is 0.242 e. The van der Waals surface area contributed by atoms with Crippen LogP contribution in [-0.2, 0) is 22.2 Å². The number of fused-ring (bicyclic) bond motifs is 1. The molecule has 200 valence electrons. The van der Waals surface area contributed by atoms with Crippen LogP contribution in [0.15, 0.2) is 49.1 Å². The molecule has 1 aromatic carbocycles. The molecule has 0 atom stereocenters. The van der Waals surface area contributed by atoms with Crippen LogP contribution in [0.25, 0.3) is 21.7 Å². The highest BCUT2D eigenvalue weighted by atomic mass is 32.1. The number of imidazole rings is 1. The summed E-state index contributed by atoms with van der Waals surface area (Å²) < 4.78 is 1.89. The maximum absolute atomic E-state index is 13.0. The van der Waals surface area contributed by atoms with Gasteiger partial charge in [-0.3, -0.25) is 4.79 Å². The van der Waals surface area contributed by atoms with Gasteiger partial charge in [-0.05, 0) is 71.4 Å². The van der Waals surface area contributed by atoms with Crippen LogP contribution >= 0.6 is 11.3 Å². The summed E-state index contributed by atoms with van der Waals surface area (Å²) in [4.78, 5) is 29.8. The molecule has 3 aromatic heterocycles. The molecule has 0 radical (unpaired) electrons. The Bertz CT molecular complexity index is 1440. The number of aromatic nitrogens is 4. The highest BCUT2D eigenvalue weighted by Crippen LogP contribution is 2.39. The molecular weight excluding hydrogens is 490 g/mol. The predicted octanol–water partition coefficient (Wildman–Crippen LogP) is 6.95. The van der Waals surface area contributed by atoms with Crippen LogP contribution in [-0.4, -0.2) is 43.4 Å². The Balaban J connectivity index is 1.28. The first-order valence-electron chi connectivity index (χ1n) is 13.7. The summed E-state index contributed by atoms with van der Waals surface area (Å²) in [5.74, 6) is 0.586. The number of piperidine rings is 1. The van der Waals surface area contributed by atoms with E-state index in [4.69, 9.17) is 4.98 Å². The van der Waals surface area contributed by atoms with Crippen molar-refractivity contribution in [1.82, 2.24) is 24.4 Å². The Hall–Kier alpha value is -3.06. The molecule has 1 fully saturated rings. The Morgan fingerprint density at radius 2 is 1.76 bits per heavy atom. The van der Waals surface area contributed by atoms with Crippen molar-refractivity contribution in [2.75, 3.05) is 13.1 Å². The minimum Gasteiger partial charge on any atom is -0.341 e. The largest absolute Gasteiger partial charge is 0.341 e. The Morgan fingerprint density at radius 1 is 1.03 bits per heavy atom. The number of carbonyl (C=O) groups excluding carboxylic acids is 1. The Morgan fingerprint density at radius 3 is 2.47 bits per heavy atom. The Kier molecular flexibility index (Phi) is 7.16. The van der Waals surface area contributed by atoms with Gasteiger partial charge in [0.2, 0.25) is 5.91 Å². The number of nitrogens with zero attached hydrogens (tertiary/aromatic N) is 5. The van der Waals surface area contributed by atoms with Gasteiger partial charge >= 0.3 is 0 Å². The van der Waals surface area contributed by atoms with Crippen LogP contribution in [0.3, 0.4) is 0 Å². The minimum absolute atomic E-state index is 0.0769. The summed E-state index contributed by atoms with van der Waals surface area (Å²) >= 11 is 1.82. The van der Waals surface area contributed by atoms with E-state index in [1.54, 1.807) is 12.5 Å². The molecule has 1 aliphatic rings. The Labute approximate surface area is 230 Å². The molecule has 0 unspecified atom stereocenters. The molecule has 0 aliphatic carbocycles. The maximum atomic E-state index is 13.0. The average molecular weight is 530 g/mol. The normalized spacial score (nSPS) is 15.4. The van der Waals surface area contributed by atoms with Crippen LogP contribution in [0.4, 0.5) is 0 Å². The first kappa shape index (κ1) is 26.5. The predicted molar refractivity (Wildman–Crippen MR) is 156 cm³/mol. The van der Waals surface area contributed by atoms with Gasteiger partial charge in [0.1, 0.15) is 11.6 Å². The van der Waals surface area contributed by atoms with Crippen molar-refractivity contribution >= 4 is 28.4 Å². The lowest BCUT2D eigenvalue weighted by molar-refractivity contribution is -0.132. The number of carbonyl (C=O) groups is 1. The van der Waals surface area contributed by atoms with Gasteiger partial charge in [0.05, 0.1) is 11.8 Å². The summed E-state index contributed by atoms with van der Waals surface area (Å²) in [5.41, 5.74) is 5.74. The number of benzene rings is 1. The van der Waals surface area contributed by atoms with Gasteiger partial charge in [-0.1, -0.05) is 47.6 Å². The van der Waals surface area contributed by atoms with E-state index in [9.17, 15) is 4.79 Å². The first-order valence-corrected chi connectivity index (χ1v) is 14.5. The average Bonchev–Trinajstić information content (AvgIpc) is 3.56. The van der Waals surface area contributed by atoms with E-state index < -0.39 is 0 Å². The molecule has 5 rings (SSSR count). The third-order valence-corrected chi connectivity index (χ3v) is 9.39. The van der Waals surface area contributed by atoms with Crippen molar-refractivity contribution in [3.63, 3.8) is 0 Å². The molecule has 0 saturated carbocycles. The smallest absolute Gasteiger partial charge is 0.242 e. The molecule has 1 saturated heterocycles. The van der Waals surface area contributed by atoms with Crippen molar-refractivity contribution in [1.29, 1.82) is 0 Å². The van der Waals surface area contributed by atoms with Gasteiger partial charge in [-0.15, -0.1) is 11.3 Å². The van der Waals surface area contributed by atoms with Crippen molar-refractivity contribution in [3.8, 4) is 10.6 Å². The second-order valence-electron chi connectivity index (χ2n) is 12.2. The third kappa shape index (κ3) is 5.39. The van der Waals surface area contributed by atoms with E-state index in [1.165, 1.54) is 21.6 Å². The number of hydrogen-bond acceptors (Lipinski definition) is 5. The van der Waals surface area contributed by atoms with Crippen molar-refractivity contribution in [2.24, 2.45) is 0 Å². The lowest BCUT2D eigenvalue weighted by Crippen LogP contribution is -2.39. The SMILES string of the molecule is CCC(C)(C)c1cc(-c2ncc(C3CCN(C(=O)Cn4cnc5ncccc54)CC3)s2)cc(C(C)(C)C)c1. The number of pyridine rings is 1. The molecule has 4 aromatic rings. The highest BCUT2D eigenvalue weighted by molar-refractivity contribution is 7.15. The van der Waals surface area contributed by atoms with Crippen molar-refractivity contribution in [3.05, 3.63) is 65.1 Å². The fraction of sp³-hybridized carbons (Fsp3) is 0.484. The second-order valence-corrected chi connectivity index (χ2v) is 13.3. The molecule has 1 amide bonds. The van der Waals surface area contributed by atoms with Gasteiger partial charge in [-0.2, -0.15) is 0 Å². The fourth-order valence-corrected chi connectivity index (χ4v) is 6.14. The summed E-state index contributed by atoms with van der Waals surface area (Å²) in [6.45, 7) is 15.6. The van der Waals surface area contributed by atoms with Gasteiger partial charge in [0.15, 0.2) is 5.65 Å². The number of hydrogen-bond donors (Lipinski definition) is 0. The van der Waals surface area contributed by atoms with Crippen molar-refractivity contribution in [2.45, 2.75) is 84.1 Å². The highest BCUT2D eigenvalue weighted by Gasteiger charge is 2.27. The summed E-state index contributed by atoms with van der Waals surface area (Å²) in [7, 11) is 0. The third-order valence-electron chi connectivity index (χ3n) is 8.19. The molecule has 0 spiro atoms. The zero-order valence-corrected chi connectivity index (χ0v) is 24.3. The lowest BCUT2D eigenvalue weighted by Gasteiger charge is -2.31. The van der Waals surface area contributed by atoms with Gasteiger partial charge < -0.3 is 9.47 Å². The van der Waals surface area contributed by atoms with Crippen LogP contribution in [0.5, 0.6) is 0 Å². The molecule has 0 bridgehead atoms. The number of likely N-dealkylation sites (tertiary alicyclic amines) is 1. The summed E-state index contributed by atoms with van der Waals surface area (Å²) in [6.07, 6.45) is 8.53. The van der Waals surface area contributed by atoms with Gasteiger partial charge in [0, 0.05) is 35.9 Å². The topological polar surface area (TPSA) is 63.9 Å². The first-order chi connectivity index (χ1) is 18.0. The number of thiazole rings is 1. The van der Waals surface area contributed by atoms with Crippen LogP contribution in [0, 0.1) is 0 Å². The van der Waals surface area contributed by atoms with E-state index in [-0.39, 0.29) is 16.7 Å². The van der Waals surface area contributed by atoms with Crippen LogP contribution < -0.4 is 0 Å². The van der Waals surface area contributed by atoms with Crippen LogP contribution in [0.1, 0.15) is 82.7 Å². The van der Waals surface area contributed by atoms with Gasteiger partial charge in [-0.25, -0.2) is 15.0 Å². The molecule has 6 nitrogen and oxygen atoms in total. The standard InChI is InChI=1S/C31H39N5OS/c1-7-31(5,6)24-16-22(15-23(17-24)30(2,3)4)29-33-18-26(38-29)21-10-13-35(14-11-21)27(37)19-36-20-34-28-25(36)9-8-12-32-28/h8-9,12,15-18,20-21H,7,10-11,13-14,19H2,1-6H3. The number of rotatable bonds is 6. The molecule has 4 heterocycles. The second kappa shape index (κ2) is 10.3.